The van der Waals surface area contributed by atoms with Crippen molar-refractivity contribution in [3.63, 3.8) is 0 Å². The molecule has 0 aliphatic rings. The van der Waals surface area contributed by atoms with E-state index in [9.17, 15) is 9.59 Å². The second kappa shape index (κ2) is 6.33. The first-order chi connectivity index (χ1) is 9.65. The van der Waals surface area contributed by atoms with Gasteiger partial charge >= 0.3 is 0 Å². The van der Waals surface area contributed by atoms with E-state index in [-0.39, 0.29) is 5.91 Å². The third-order valence-corrected chi connectivity index (χ3v) is 2.64. The van der Waals surface area contributed by atoms with Gasteiger partial charge in [-0.25, -0.2) is 0 Å². The van der Waals surface area contributed by atoms with Gasteiger partial charge in [0, 0.05) is 29.9 Å². The van der Waals surface area contributed by atoms with Crippen LogP contribution >= 0.6 is 0 Å². The highest BCUT2D eigenvalue weighted by molar-refractivity contribution is 5.94. The second-order valence-corrected chi connectivity index (χ2v) is 4.14. The van der Waals surface area contributed by atoms with Gasteiger partial charge in [-0.05, 0) is 23.8 Å². The van der Waals surface area contributed by atoms with E-state index >= 15 is 0 Å². The van der Waals surface area contributed by atoms with Gasteiger partial charge in [0.25, 0.3) is 0 Å². The van der Waals surface area contributed by atoms with Crippen LogP contribution in [0.1, 0.15) is 21.5 Å². The zero-order valence-electron chi connectivity index (χ0n) is 10.7. The standard InChI is InChI=1S/C14H14N4O2/c15-14(20)12-4-1-10(2-5-12)3-6-13(19)16-7-11-8-17-18-9-11/h1-6,8-9H,7H2,(H2,15,20)(H,16,19)(H,17,18)/b6-3+. The quantitative estimate of drug-likeness (QED) is 0.702. The van der Waals surface area contributed by atoms with Crippen LogP contribution in [-0.2, 0) is 11.3 Å². The number of H-pyrrole nitrogens is 1. The predicted octanol–water partition coefficient (Wildman–Crippen LogP) is 0.838. The van der Waals surface area contributed by atoms with Crippen LogP contribution < -0.4 is 11.1 Å². The number of carbonyl (C=O) groups excluding carboxylic acids is 2. The lowest BCUT2D eigenvalue weighted by Gasteiger charge is -1.99. The maximum absolute atomic E-state index is 11.6. The van der Waals surface area contributed by atoms with Crippen molar-refractivity contribution in [3.8, 4) is 0 Å². The molecule has 0 unspecified atom stereocenters. The molecule has 0 saturated heterocycles. The van der Waals surface area contributed by atoms with Gasteiger partial charge in [0.2, 0.25) is 11.8 Å². The molecule has 1 heterocycles. The van der Waals surface area contributed by atoms with Gasteiger partial charge in [0.05, 0.1) is 6.20 Å². The molecule has 0 spiro atoms. The number of nitrogens with two attached hydrogens (primary N) is 1. The third kappa shape index (κ3) is 3.81. The molecule has 6 heteroatoms. The summed E-state index contributed by atoms with van der Waals surface area (Å²) in [6.07, 6.45) is 6.45. The van der Waals surface area contributed by atoms with E-state index in [0.717, 1.165) is 11.1 Å². The summed E-state index contributed by atoms with van der Waals surface area (Å²) in [5.41, 5.74) is 7.29. The Labute approximate surface area is 115 Å². The summed E-state index contributed by atoms with van der Waals surface area (Å²) in [6, 6.07) is 6.68. The Morgan fingerprint density at radius 2 is 2.05 bits per heavy atom. The zero-order chi connectivity index (χ0) is 14.4. The lowest BCUT2D eigenvalue weighted by atomic mass is 10.1. The minimum Gasteiger partial charge on any atom is -0.366 e. The van der Waals surface area contributed by atoms with E-state index in [1.54, 1.807) is 42.7 Å². The number of benzene rings is 1. The fraction of sp³-hybridized carbons (Fsp3) is 0.0714. The van der Waals surface area contributed by atoms with E-state index in [1.165, 1.54) is 6.08 Å². The average molecular weight is 270 g/mol. The van der Waals surface area contributed by atoms with E-state index in [1.807, 2.05) is 0 Å². The summed E-state index contributed by atoms with van der Waals surface area (Å²) in [6.45, 7) is 0.417. The van der Waals surface area contributed by atoms with Gasteiger partial charge in [0.15, 0.2) is 0 Å². The number of carbonyl (C=O) groups is 2. The number of aromatic amines is 1. The van der Waals surface area contributed by atoms with Crippen LogP contribution in [0.2, 0.25) is 0 Å². The number of primary amides is 1. The number of rotatable bonds is 5. The van der Waals surface area contributed by atoms with E-state index in [0.29, 0.717) is 12.1 Å². The number of nitrogens with one attached hydrogen (secondary N) is 2. The van der Waals surface area contributed by atoms with Crippen LogP contribution in [-0.4, -0.2) is 22.0 Å². The number of aromatic nitrogens is 2. The van der Waals surface area contributed by atoms with Gasteiger partial charge < -0.3 is 11.1 Å². The summed E-state index contributed by atoms with van der Waals surface area (Å²) >= 11 is 0. The lowest BCUT2D eigenvalue weighted by molar-refractivity contribution is -0.116. The maximum Gasteiger partial charge on any atom is 0.248 e. The highest BCUT2D eigenvalue weighted by Crippen LogP contribution is 2.05. The molecule has 2 rings (SSSR count). The molecule has 1 aromatic carbocycles. The molecule has 0 bridgehead atoms. The van der Waals surface area contributed by atoms with E-state index in [2.05, 4.69) is 15.5 Å². The molecule has 0 saturated carbocycles. The fourth-order valence-corrected chi connectivity index (χ4v) is 1.55. The highest BCUT2D eigenvalue weighted by atomic mass is 16.1. The minimum atomic E-state index is -0.474. The summed E-state index contributed by atoms with van der Waals surface area (Å²) in [4.78, 5) is 22.5. The molecule has 102 valence electrons. The topological polar surface area (TPSA) is 101 Å². The third-order valence-electron chi connectivity index (χ3n) is 2.64. The second-order valence-electron chi connectivity index (χ2n) is 4.14. The minimum absolute atomic E-state index is 0.204. The Balaban J connectivity index is 1.88. The fourth-order valence-electron chi connectivity index (χ4n) is 1.55. The Hall–Kier alpha value is -2.89. The first kappa shape index (κ1) is 13.5. The van der Waals surface area contributed by atoms with Crippen molar-refractivity contribution >= 4 is 17.9 Å². The molecule has 2 aromatic rings. The molecule has 1 aromatic heterocycles. The molecule has 0 radical (unpaired) electrons. The number of hydrogen-bond acceptors (Lipinski definition) is 3. The first-order valence-electron chi connectivity index (χ1n) is 5.98. The van der Waals surface area contributed by atoms with Crippen molar-refractivity contribution in [1.82, 2.24) is 15.5 Å². The van der Waals surface area contributed by atoms with Gasteiger partial charge in [0.1, 0.15) is 0 Å². The van der Waals surface area contributed by atoms with Crippen LogP contribution in [0.25, 0.3) is 6.08 Å². The van der Waals surface area contributed by atoms with Crippen molar-refractivity contribution in [2.24, 2.45) is 5.73 Å². The normalized spacial score (nSPS) is 10.6. The van der Waals surface area contributed by atoms with Gasteiger partial charge in [-0.15, -0.1) is 0 Å². The van der Waals surface area contributed by atoms with Crippen LogP contribution in [0.15, 0.2) is 42.7 Å². The van der Waals surface area contributed by atoms with Crippen molar-refractivity contribution in [1.29, 1.82) is 0 Å². The van der Waals surface area contributed by atoms with E-state index < -0.39 is 5.91 Å². The Bertz CT molecular complexity index is 615. The van der Waals surface area contributed by atoms with E-state index in [4.69, 9.17) is 5.73 Å². The van der Waals surface area contributed by atoms with Gasteiger partial charge in [-0.2, -0.15) is 5.10 Å². The lowest BCUT2D eigenvalue weighted by Crippen LogP contribution is -2.19. The van der Waals surface area contributed by atoms with Crippen LogP contribution in [0.3, 0.4) is 0 Å². The Morgan fingerprint density at radius 3 is 2.65 bits per heavy atom. The summed E-state index contributed by atoms with van der Waals surface area (Å²) < 4.78 is 0. The Morgan fingerprint density at radius 1 is 1.30 bits per heavy atom. The number of nitrogens with zero attached hydrogens (tertiary/aromatic N) is 1. The van der Waals surface area contributed by atoms with Gasteiger partial charge in [-0.3, -0.25) is 14.7 Å². The predicted molar refractivity (Wildman–Crippen MR) is 74.4 cm³/mol. The summed E-state index contributed by atoms with van der Waals surface area (Å²) in [7, 11) is 0. The zero-order valence-corrected chi connectivity index (χ0v) is 10.7. The Kier molecular flexibility index (Phi) is 4.28. The maximum atomic E-state index is 11.6. The SMILES string of the molecule is NC(=O)c1ccc(/C=C/C(=O)NCc2cn[nH]c2)cc1. The first-order valence-corrected chi connectivity index (χ1v) is 5.98. The largest absolute Gasteiger partial charge is 0.366 e. The smallest absolute Gasteiger partial charge is 0.248 e. The molecule has 6 nitrogen and oxygen atoms in total. The molecular weight excluding hydrogens is 256 g/mol. The van der Waals surface area contributed by atoms with Crippen molar-refractivity contribution in [3.05, 3.63) is 59.4 Å². The van der Waals surface area contributed by atoms with Crippen LogP contribution in [0.5, 0.6) is 0 Å². The molecule has 20 heavy (non-hydrogen) atoms. The molecule has 0 aliphatic heterocycles. The van der Waals surface area contributed by atoms with Crippen LogP contribution in [0, 0.1) is 0 Å². The van der Waals surface area contributed by atoms with Crippen molar-refractivity contribution in [2.45, 2.75) is 6.54 Å². The van der Waals surface area contributed by atoms with Crippen molar-refractivity contribution < 1.29 is 9.59 Å². The van der Waals surface area contributed by atoms with Crippen molar-refractivity contribution in [2.75, 3.05) is 0 Å². The monoisotopic (exact) mass is 270 g/mol. The molecule has 0 fully saturated rings. The summed E-state index contributed by atoms with van der Waals surface area (Å²) in [5, 5.41) is 9.18. The average Bonchev–Trinajstić information content (AvgIpc) is 2.96. The van der Waals surface area contributed by atoms with Crippen LogP contribution in [0.4, 0.5) is 0 Å². The molecule has 4 N–H and O–H groups in total. The number of hydrogen-bond donors (Lipinski definition) is 3. The summed E-state index contributed by atoms with van der Waals surface area (Å²) in [5.74, 6) is -0.677. The molecule has 0 atom stereocenters. The molecule has 2 amide bonds. The van der Waals surface area contributed by atoms with Gasteiger partial charge in [-0.1, -0.05) is 12.1 Å². The highest BCUT2D eigenvalue weighted by Gasteiger charge is 1.99. The molecular formula is C14H14N4O2. The number of amides is 2. The molecule has 0 aliphatic carbocycles.